The minimum absolute atomic E-state index is 0.000156. The lowest BCUT2D eigenvalue weighted by molar-refractivity contribution is -0.454. The average molecular weight is 346 g/mol. The Bertz CT molecular complexity index is 923. The summed E-state index contributed by atoms with van der Waals surface area (Å²) in [5.41, 5.74) is 3.19. The molecule has 0 amide bonds. The van der Waals surface area contributed by atoms with E-state index in [9.17, 15) is 4.79 Å². The molecule has 3 aromatic rings. The second-order valence-corrected chi connectivity index (χ2v) is 5.78. The zero-order valence-corrected chi connectivity index (χ0v) is 14.8. The number of ketones is 1. The number of hydrogen-bond donors (Lipinski definition) is 0. The van der Waals surface area contributed by atoms with Crippen molar-refractivity contribution in [3.05, 3.63) is 83.9 Å². The molecule has 0 saturated heterocycles. The monoisotopic (exact) mass is 346 g/mol. The highest BCUT2D eigenvalue weighted by Gasteiger charge is 2.19. The molecule has 0 saturated carbocycles. The highest BCUT2D eigenvalue weighted by atomic mass is 16.5. The molecule has 0 unspecified atom stereocenters. The van der Waals surface area contributed by atoms with Crippen molar-refractivity contribution in [2.45, 2.75) is 13.5 Å². The lowest BCUT2D eigenvalue weighted by Gasteiger charge is -2.09. The number of nitrogens with zero attached hydrogens (tertiary/aromatic N) is 3. The number of Topliss-reactive ketones (excluding diaryl/α,β-unsaturated/α-hetero) is 1. The molecule has 0 fully saturated rings. The van der Waals surface area contributed by atoms with Crippen LogP contribution in [0.1, 0.15) is 28.7 Å². The molecule has 2 aromatic heterocycles. The molecule has 3 rings (SSSR count). The van der Waals surface area contributed by atoms with Gasteiger partial charge in [-0.15, -0.1) is 0 Å². The van der Waals surface area contributed by atoms with Crippen LogP contribution in [0, 0.1) is 0 Å². The predicted molar refractivity (Wildman–Crippen MR) is 100 cm³/mol. The summed E-state index contributed by atoms with van der Waals surface area (Å²) in [6.07, 6.45) is 5.46. The van der Waals surface area contributed by atoms with Crippen molar-refractivity contribution >= 4 is 17.7 Å². The maximum Gasteiger partial charge on any atom is 0.248 e. The molecule has 0 N–H and O–H groups in total. The predicted octanol–water partition coefficient (Wildman–Crippen LogP) is 3.65. The molecule has 1 aromatic carbocycles. The minimum Gasteiger partial charge on any atom is -0.490 e. The van der Waals surface area contributed by atoms with Gasteiger partial charge < -0.3 is 4.74 Å². The molecule has 0 radical (unpaired) electrons. The summed E-state index contributed by atoms with van der Waals surface area (Å²) in [6.45, 7) is 2.09. The van der Waals surface area contributed by atoms with E-state index in [2.05, 4.69) is 9.97 Å². The fourth-order valence-corrected chi connectivity index (χ4v) is 2.61. The van der Waals surface area contributed by atoms with Crippen molar-refractivity contribution in [1.82, 2.24) is 9.97 Å². The van der Waals surface area contributed by atoms with Crippen LogP contribution in [0.25, 0.3) is 0 Å². The summed E-state index contributed by atoms with van der Waals surface area (Å²) < 4.78 is 7.56. The van der Waals surface area contributed by atoms with Crippen molar-refractivity contribution < 1.29 is 14.1 Å². The molecular weight excluding hydrogens is 326 g/mol. The Balaban J connectivity index is 2.08. The first-order valence-corrected chi connectivity index (χ1v) is 8.29. The van der Waals surface area contributed by atoms with Crippen LogP contribution in [0.2, 0.25) is 0 Å². The normalized spacial score (nSPS) is 11.2. The van der Waals surface area contributed by atoms with E-state index >= 15 is 0 Å². The summed E-state index contributed by atoms with van der Waals surface area (Å²) in [5, 5.41) is 0. The summed E-state index contributed by atoms with van der Waals surface area (Å²) >= 11 is 0. The molecule has 0 aliphatic heterocycles. The zero-order chi connectivity index (χ0) is 18.4. The number of pyridine rings is 2. The number of ether oxygens (including phenoxy) is 1. The van der Waals surface area contributed by atoms with Crippen LogP contribution in [0.3, 0.4) is 0 Å². The molecule has 0 atom stereocenters. The van der Waals surface area contributed by atoms with Crippen molar-refractivity contribution in [2.75, 3.05) is 7.11 Å². The van der Waals surface area contributed by atoms with Crippen LogP contribution in [0.5, 0.6) is 5.75 Å². The molecule has 130 valence electrons. The van der Waals surface area contributed by atoms with Gasteiger partial charge in [-0.3, -0.25) is 14.8 Å². The van der Waals surface area contributed by atoms with E-state index in [1.807, 2.05) is 53.3 Å². The van der Waals surface area contributed by atoms with Crippen LogP contribution in [0.4, 0.5) is 5.69 Å². The number of hydrogen-bond acceptors (Lipinski definition) is 4. The first-order chi connectivity index (χ1) is 12.7. The van der Waals surface area contributed by atoms with E-state index in [4.69, 9.17) is 4.74 Å². The van der Waals surface area contributed by atoms with Crippen molar-refractivity contribution in [2.24, 2.45) is 0 Å². The lowest BCUT2D eigenvalue weighted by atomic mass is 10.1. The van der Waals surface area contributed by atoms with Crippen LogP contribution >= 0.6 is 0 Å². The fourth-order valence-electron chi connectivity index (χ4n) is 2.61. The van der Waals surface area contributed by atoms with Gasteiger partial charge in [0.15, 0.2) is 24.3 Å². The van der Waals surface area contributed by atoms with Crippen molar-refractivity contribution in [3.63, 3.8) is 0 Å². The molecular formula is C21H20N3O2+. The first-order valence-electron chi connectivity index (χ1n) is 8.29. The third kappa shape index (κ3) is 4.19. The number of aromatic nitrogens is 2. The smallest absolute Gasteiger partial charge is 0.248 e. The molecule has 5 nitrogen and oxygen atoms in total. The first kappa shape index (κ1) is 17.5. The Morgan fingerprint density at radius 3 is 2.46 bits per heavy atom. The number of carbonyl (C=O) groups excluding carboxylic acids is 1. The molecule has 0 spiro atoms. The highest BCUT2D eigenvalue weighted by molar-refractivity contribution is 5.95. The van der Waals surface area contributed by atoms with E-state index < -0.39 is 0 Å². The van der Waals surface area contributed by atoms with Crippen LogP contribution < -0.4 is 4.74 Å². The second kappa shape index (κ2) is 8.16. The number of carbonyl (C=O) groups is 1. The standard InChI is InChI=1S/C21H20N3O2/c1-16(25)17-9-10-20(21(13-17)26-2)24(14-18-7-3-5-11-22-18)15-19-8-4-6-12-23-19/h3-14H,15H2,1-2H3/q+1. The largest absolute Gasteiger partial charge is 0.490 e. The SMILES string of the molecule is COc1cc(C(C)=O)ccc1[N+](=Cc1ccccn1)Cc1ccccn1. The van der Waals surface area contributed by atoms with Gasteiger partial charge in [0.05, 0.1) is 7.11 Å². The Labute approximate surface area is 152 Å². The van der Waals surface area contributed by atoms with Crippen LogP contribution in [0.15, 0.2) is 67.0 Å². The van der Waals surface area contributed by atoms with Gasteiger partial charge in [0, 0.05) is 24.0 Å². The third-order valence-electron chi connectivity index (χ3n) is 3.93. The molecule has 2 heterocycles. The van der Waals surface area contributed by atoms with Gasteiger partial charge in [-0.1, -0.05) is 12.1 Å². The highest BCUT2D eigenvalue weighted by Crippen LogP contribution is 2.29. The zero-order valence-electron chi connectivity index (χ0n) is 14.8. The lowest BCUT2D eigenvalue weighted by Crippen LogP contribution is -2.11. The molecule has 0 aliphatic rings. The number of methoxy groups -OCH3 is 1. The van der Waals surface area contributed by atoms with Gasteiger partial charge in [-0.2, -0.15) is 4.58 Å². The van der Waals surface area contributed by atoms with Gasteiger partial charge in [0.25, 0.3) is 0 Å². The Kier molecular flexibility index (Phi) is 5.49. The van der Waals surface area contributed by atoms with E-state index in [1.165, 1.54) is 0 Å². The van der Waals surface area contributed by atoms with E-state index in [1.54, 1.807) is 38.6 Å². The van der Waals surface area contributed by atoms with E-state index in [-0.39, 0.29) is 5.78 Å². The van der Waals surface area contributed by atoms with Crippen molar-refractivity contribution in [3.8, 4) is 5.75 Å². The topological polar surface area (TPSA) is 55.1 Å². The van der Waals surface area contributed by atoms with Gasteiger partial charge in [-0.25, -0.2) is 0 Å². The third-order valence-corrected chi connectivity index (χ3v) is 3.93. The minimum atomic E-state index is -0.000156. The Morgan fingerprint density at radius 2 is 1.85 bits per heavy atom. The fraction of sp³-hybridized carbons (Fsp3) is 0.143. The maximum absolute atomic E-state index is 11.7. The van der Waals surface area contributed by atoms with E-state index in [0.717, 1.165) is 17.1 Å². The van der Waals surface area contributed by atoms with Gasteiger partial charge in [-0.05, 0) is 43.3 Å². The summed E-state index contributed by atoms with van der Waals surface area (Å²) in [6, 6.07) is 17.0. The van der Waals surface area contributed by atoms with Gasteiger partial charge >= 0.3 is 0 Å². The average Bonchev–Trinajstić information content (AvgIpc) is 2.68. The summed E-state index contributed by atoms with van der Waals surface area (Å²) in [7, 11) is 1.60. The Hall–Kier alpha value is -3.34. The van der Waals surface area contributed by atoms with Gasteiger partial charge in [0.1, 0.15) is 11.4 Å². The Morgan fingerprint density at radius 1 is 1.08 bits per heavy atom. The maximum atomic E-state index is 11.7. The van der Waals surface area contributed by atoms with E-state index in [0.29, 0.717) is 17.9 Å². The quantitative estimate of drug-likeness (QED) is 0.388. The molecule has 0 bridgehead atoms. The molecule has 5 heteroatoms. The van der Waals surface area contributed by atoms with Crippen LogP contribution in [-0.4, -0.2) is 33.7 Å². The molecule has 0 aliphatic carbocycles. The number of benzene rings is 1. The second-order valence-electron chi connectivity index (χ2n) is 5.78. The molecule has 26 heavy (non-hydrogen) atoms. The van der Waals surface area contributed by atoms with Crippen molar-refractivity contribution in [1.29, 1.82) is 0 Å². The summed E-state index contributed by atoms with van der Waals surface area (Å²) in [4.78, 5) is 20.5. The van der Waals surface area contributed by atoms with Crippen LogP contribution in [-0.2, 0) is 6.54 Å². The van der Waals surface area contributed by atoms with Gasteiger partial charge in [0.2, 0.25) is 5.69 Å². The summed E-state index contributed by atoms with van der Waals surface area (Å²) in [5.74, 6) is 0.626. The number of rotatable bonds is 6.